The summed E-state index contributed by atoms with van der Waals surface area (Å²) in [6.45, 7) is 0. The number of hydrogen-bond acceptors (Lipinski definition) is 3. The van der Waals surface area contributed by atoms with Crippen LogP contribution in [0.5, 0.6) is 0 Å². The average molecular weight is 330 g/mol. The molecule has 14 heavy (non-hydrogen) atoms. The molecule has 0 atom stereocenters. The van der Waals surface area contributed by atoms with Crippen molar-refractivity contribution in [2.75, 3.05) is 0 Å². The fraction of sp³-hybridized carbons (Fsp3) is 0.750. The molecular formula is C8H9F2IN2S. The molecular weight excluding hydrogens is 321 g/mol. The van der Waals surface area contributed by atoms with Crippen molar-refractivity contribution in [3.8, 4) is 0 Å². The van der Waals surface area contributed by atoms with Crippen molar-refractivity contribution in [2.24, 2.45) is 0 Å². The van der Waals surface area contributed by atoms with Crippen LogP contribution in [-0.2, 0) is 0 Å². The van der Waals surface area contributed by atoms with Gasteiger partial charge in [0.05, 0.1) is 0 Å². The molecule has 0 amide bonds. The van der Waals surface area contributed by atoms with Gasteiger partial charge in [-0.1, -0.05) is 0 Å². The summed E-state index contributed by atoms with van der Waals surface area (Å²) in [6.07, 6.45) is 1.07. The van der Waals surface area contributed by atoms with Crippen LogP contribution in [0.1, 0.15) is 36.6 Å². The van der Waals surface area contributed by atoms with E-state index in [0.717, 1.165) is 8.84 Å². The summed E-state index contributed by atoms with van der Waals surface area (Å²) >= 11 is 3.39. The number of rotatable bonds is 1. The van der Waals surface area contributed by atoms with Crippen molar-refractivity contribution in [2.45, 2.75) is 37.5 Å². The Balaban J connectivity index is 2.02. The van der Waals surface area contributed by atoms with E-state index in [1.165, 1.54) is 11.5 Å². The second-order valence-electron chi connectivity index (χ2n) is 3.53. The van der Waals surface area contributed by atoms with Gasteiger partial charge in [0, 0.05) is 41.4 Å². The molecule has 2 rings (SSSR count). The summed E-state index contributed by atoms with van der Waals surface area (Å²) in [4.78, 5) is 4.23. The molecule has 1 aliphatic rings. The predicted octanol–water partition coefficient (Wildman–Crippen LogP) is 3.44. The Morgan fingerprint density at radius 2 is 2.00 bits per heavy atom. The maximum Gasteiger partial charge on any atom is 0.248 e. The largest absolute Gasteiger partial charge is 0.248 e. The zero-order valence-corrected chi connectivity index (χ0v) is 10.3. The summed E-state index contributed by atoms with van der Waals surface area (Å²) < 4.78 is 30.5. The van der Waals surface area contributed by atoms with E-state index in [0.29, 0.717) is 12.8 Å². The first-order valence-corrected chi connectivity index (χ1v) is 6.29. The van der Waals surface area contributed by atoms with Gasteiger partial charge in [0.15, 0.2) is 0 Å². The highest BCUT2D eigenvalue weighted by Gasteiger charge is 2.36. The molecule has 1 fully saturated rings. The van der Waals surface area contributed by atoms with Crippen LogP contribution in [0.25, 0.3) is 0 Å². The van der Waals surface area contributed by atoms with Crippen molar-refractivity contribution in [3.63, 3.8) is 0 Å². The zero-order chi connectivity index (χ0) is 10.2. The zero-order valence-electron chi connectivity index (χ0n) is 7.34. The van der Waals surface area contributed by atoms with Gasteiger partial charge in [-0.2, -0.15) is 4.37 Å². The van der Waals surface area contributed by atoms with Crippen LogP contribution in [0.3, 0.4) is 0 Å². The van der Waals surface area contributed by atoms with E-state index >= 15 is 0 Å². The molecule has 1 heterocycles. The number of alkyl halides is 2. The molecule has 1 aromatic rings. The summed E-state index contributed by atoms with van der Waals surface area (Å²) in [7, 11) is 0. The molecule has 1 aromatic heterocycles. The van der Waals surface area contributed by atoms with Crippen molar-refractivity contribution >= 4 is 34.1 Å². The van der Waals surface area contributed by atoms with Gasteiger partial charge in [-0.3, -0.25) is 0 Å². The fourth-order valence-corrected chi connectivity index (χ4v) is 3.11. The molecule has 0 aliphatic heterocycles. The van der Waals surface area contributed by atoms with Crippen LogP contribution in [0, 0.1) is 3.83 Å². The first-order chi connectivity index (χ1) is 6.57. The third-order valence-corrected chi connectivity index (χ3v) is 4.17. The van der Waals surface area contributed by atoms with Crippen molar-refractivity contribution in [1.29, 1.82) is 0 Å². The molecule has 0 saturated heterocycles. The monoisotopic (exact) mass is 330 g/mol. The lowest BCUT2D eigenvalue weighted by Crippen LogP contribution is -2.23. The lowest BCUT2D eigenvalue weighted by atomic mass is 9.87. The number of halogens is 3. The van der Waals surface area contributed by atoms with E-state index in [2.05, 4.69) is 9.36 Å². The van der Waals surface area contributed by atoms with Crippen LogP contribution < -0.4 is 0 Å². The van der Waals surface area contributed by atoms with Gasteiger partial charge < -0.3 is 0 Å². The second kappa shape index (κ2) is 3.96. The van der Waals surface area contributed by atoms with Crippen LogP contribution >= 0.6 is 34.1 Å². The number of hydrogen-bond donors (Lipinski definition) is 0. The summed E-state index contributed by atoms with van der Waals surface area (Å²) in [6, 6.07) is 0. The predicted molar refractivity (Wildman–Crippen MR) is 58.8 cm³/mol. The normalized spacial score (nSPS) is 22.5. The highest BCUT2D eigenvalue weighted by molar-refractivity contribution is 14.1. The molecule has 0 N–H and O–H groups in total. The highest BCUT2D eigenvalue weighted by Crippen LogP contribution is 2.41. The van der Waals surface area contributed by atoms with Gasteiger partial charge in [0.2, 0.25) is 9.75 Å². The third-order valence-electron chi connectivity index (χ3n) is 2.48. The minimum atomic E-state index is -2.45. The SMILES string of the molecule is FC1(F)CCC(c2nc(I)ns2)CC1. The van der Waals surface area contributed by atoms with E-state index in [4.69, 9.17) is 0 Å². The van der Waals surface area contributed by atoms with Gasteiger partial charge in [0.25, 0.3) is 0 Å². The molecule has 78 valence electrons. The Morgan fingerprint density at radius 3 is 2.50 bits per heavy atom. The smallest absolute Gasteiger partial charge is 0.215 e. The maximum atomic E-state index is 12.9. The van der Waals surface area contributed by atoms with Crippen LogP contribution in [0.15, 0.2) is 0 Å². The van der Waals surface area contributed by atoms with Crippen LogP contribution in [-0.4, -0.2) is 15.3 Å². The Kier molecular flexibility index (Phi) is 3.01. The van der Waals surface area contributed by atoms with E-state index < -0.39 is 5.92 Å². The lowest BCUT2D eigenvalue weighted by molar-refractivity contribution is -0.0382. The topological polar surface area (TPSA) is 25.8 Å². The first-order valence-electron chi connectivity index (χ1n) is 4.44. The first kappa shape index (κ1) is 10.7. The van der Waals surface area contributed by atoms with Crippen molar-refractivity contribution < 1.29 is 8.78 Å². The van der Waals surface area contributed by atoms with E-state index in [1.54, 1.807) is 0 Å². The standard InChI is InChI=1S/C8H9F2IN2S/c9-8(10)3-1-5(2-4-8)6-12-7(11)13-14-6/h5H,1-4H2. The van der Waals surface area contributed by atoms with E-state index in [9.17, 15) is 8.78 Å². The molecule has 0 spiro atoms. The molecule has 1 saturated carbocycles. The molecule has 0 unspecified atom stereocenters. The van der Waals surface area contributed by atoms with Gasteiger partial charge in [-0.25, -0.2) is 13.8 Å². The summed E-state index contributed by atoms with van der Waals surface area (Å²) in [5, 5.41) is 0.921. The van der Waals surface area contributed by atoms with Gasteiger partial charge in [-0.15, -0.1) is 0 Å². The minimum absolute atomic E-state index is 0.00613. The van der Waals surface area contributed by atoms with Gasteiger partial charge in [0.1, 0.15) is 5.01 Å². The highest BCUT2D eigenvalue weighted by atomic mass is 127. The molecule has 0 radical (unpaired) electrons. The fourth-order valence-electron chi connectivity index (χ4n) is 1.67. The summed E-state index contributed by atoms with van der Waals surface area (Å²) in [5.74, 6) is -2.25. The van der Waals surface area contributed by atoms with Crippen molar-refractivity contribution in [3.05, 3.63) is 8.84 Å². The lowest BCUT2D eigenvalue weighted by Gasteiger charge is -2.26. The van der Waals surface area contributed by atoms with Gasteiger partial charge >= 0.3 is 0 Å². The number of aromatic nitrogens is 2. The Hall–Kier alpha value is 0.150. The van der Waals surface area contributed by atoms with Crippen LogP contribution in [0.4, 0.5) is 8.78 Å². The van der Waals surface area contributed by atoms with Gasteiger partial charge in [-0.05, 0) is 24.4 Å². The van der Waals surface area contributed by atoms with Crippen molar-refractivity contribution in [1.82, 2.24) is 9.36 Å². The molecule has 0 bridgehead atoms. The van der Waals surface area contributed by atoms with Crippen LogP contribution in [0.2, 0.25) is 0 Å². The Labute approximate surface area is 98.4 Å². The average Bonchev–Trinajstić information content (AvgIpc) is 2.52. The Morgan fingerprint density at radius 1 is 1.36 bits per heavy atom. The molecule has 2 nitrogen and oxygen atoms in total. The second-order valence-corrected chi connectivity index (χ2v) is 5.28. The minimum Gasteiger partial charge on any atom is -0.215 e. The Bertz CT molecular complexity index is 319. The third kappa shape index (κ3) is 2.39. The summed E-state index contributed by atoms with van der Waals surface area (Å²) in [5.41, 5.74) is 0. The quantitative estimate of drug-likeness (QED) is 0.737. The molecule has 0 aromatic carbocycles. The molecule has 6 heteroatoms. The van der Waals surface area contributed by atoms with E-state index in [1.807, 2.05) is 22.6 Å². The van der Waals surface area contributed by atoms with E-state index in [-0.39, 0.29) is 18.8 Å². The number of nitrogens with zero attached hydrogens (tertiary/aromatic N) is 2. The molecule has 1 aliphatic carbocycles. The maximum absolute atomic E-state index is 12.9.